The number of Topliss-reactive ketones (excluding diaryl/α,β-unsaturated/α-hetero) is 1. The molecule has 0 aliphatic carbocycles. The van der Waals surface area contributed by atoms with Crippen LogP contribution in [0.1, 0.15) is 12.5 Å². The van der Waals surface area contributed by atoms with Crippen LogP contribution in [0, 0.1) is 0 Å². The lowest BCUT2D eigenvalue weighted by Gasteiger charge is -2.16. The monoisotopic (exact) mass is 277 g/mol. The maximum Gasteiger partial charge on any atom is 0.239 e. The molecular formula is C14H19N3O3. The highest BCUT2D eigenvalue weighted by Gasteiger charge is 2.17. The number of benzene rings is 1. The van der Waals surface area contributed by atoms with Crippen LogP contribution in [0.2, 0.25) is 0 Å². The Bertz CT molecular complexity index is 474. The molecule has 2 amide bonds. The molecule has 0 saturated heterocycles. The second-order valence-corrected chi connectivity index (χ2v) is 4.40. The lowest BCUT2D eigenvalue weighted by Crippen LogP contribution is -2.46. The summed E-state index contributed by atoms with van der Waals surface area (Å²) in [5.74, 6) is -0.960. The molecular weight excluding hydrogens is 258 g/mol. The van der Waals surface area contributed by atoms with Gasteiger partial charge in [0.25, 0.3) is 0 Å². The zero-order valence-electron chi connectivity index (χ0n) is 11.4. The summed E-state index contributed by atoms with van der Waals surface area (Å²) < 4.78 is 0. The minimum absolute atomic E-state index is 0.132. The number of amides is 2. The maximum absolute atomic E-state index is 11.6. The van der Waals surface area contributed by atoms with Crippen molar-refractivity contribution in [1.82, 2.24) is 10.6 Å². The van der Waals surface area contributed by atoms with E-state index in [4.69, 9.17) is 5.73 Å². The van der Waals surface area contributed by atoms with Gasteiger partial charge in [0.2, 0.25) is 11.8 Å². The molecule has 6 nitrogen and oxygen atoms in total. The van der Waals surface area contributed by atoms with Crippen LogP contribution >= 0.6 is 0 Å². The molecule has 108 valence electrons. The quantitative estimate of drug-likeness (QED) is 0.618. The third-order valence-electron chi connectivity index (χ3n) is 2.74. The van der Waals surface area contributed by atoms with Crippen LogP contribution in [-0.4, -0.2) is 36.7 Å². The van der Waals surface area contributed by atoms with Gasteiger partial charge in [-0.3, -0.25) is 14.4 Å². The minimum atomic E-state index is -0.598. The van der Waals surface area contributed by atoms with Gasteiger partial charge in [-0.2, -0.15) is 0 Å². The smallest absolute Gasteiger partial charge is 0.239 e. The minimum Gasteiger partial charge on any atom is -0.346 e. The van der Waals surface area contributed by atoms with E-state index in [9.17, 15) is 14.4 Å². The Morgan fingerprint density at radius 1 is 1.15 bits per heavy atom. The van der Waals surface area contributed by atoms with Crippen molar-refractivity contribution in [2.45, 2.75) is 19.4 Å². The Labute approximate surface area is 117 Å². The fraction of sp³-hybridized carbons (Fsp3) is 0.357. The van der Waals surface area contributed by atoms with Gasteiger partial charge in [-0.25, -0.2) is 0 Å². The normalized spacial score (nSPS) is 11.5. The highest BCUT2D eigenvalue weighted by atomic mass is 16.2. The average Bonchev–Trinajstić information content (AvgIpc) is 2.45. The van der Waals surface area contributed by atoms with Crippen molar-refractivity contribution < 1.29 is 14.4 Å². The van der Waals surface area contributed by atoms with Gasteiger partial charge in [-0.05, 0) is 18.9 Å². The summed E-state index contributed by atoms with van der Waals surface area (Å²) in [5, 5.41) is 4.95. The first-order valence-corrected chi connectivity index (χ1v) is 6.33. The molecule has 1 aromatic carbocycles. The second-order valence-electron chi connectivity index (χ2n) is 4.40. The molecule has 0 fully saturated rings. The van der Waals surface area contributed by atoms with Gasteiger partial charge < -0.3 is 16.4 Å². The van der Waals surface area contributed by atoms with Crippen molar-refractivity contribution in [3.8, 4) is 0 Å². The van der Waals surface area contributed by atoms with E-state index in [2.05, 4.69) is 10.6 Å². The first-order valence-electron chi connectivity index (χ1n) is 6.33. The zero-order valence-corrected chi connectivity index (χ0v) is 11.4. The molecule has 0 radical (unpaired) electrons. The van der Waals surface area contributed by atoms with Gasteiger partial charge in [-0.15, -0.1) is 0 Å². The molecule has 0 aromatic heterocycles. The van der Waals surface area contributed by atoms with Crippen LogP contribution < -0.4 is 16.4 Å². The van der Waals surface area contributed by atoms with E-state index in [1.54, 1.807) is 0 Å². The summed E-state index contributed by atoms with van der Waals surface area (Å²) in [6, 6.07) is 8.80. The van der Waals surface area contributed by atoms with E-state index in [-0.39, 0.29) is 18.9 Å². The third kappa shape index (κ3) is 5.62. The van der Waals surface area contributed by atoms with Crippen molar-refractivity contribution >= 4 is 17.6 Å². The molecule has 1 rings (SSSR count). The first-order chi connectivity index (χ1) is 9.52. The number of hydrogen-bond acceptors (Lipinski definition) is 4. The van der Waals surface area contributed by atoms with E-state index < -0.39 is 17.9 Å². The average molecular weight is 277 g/mol. The molecule has 0 heterocycles. The molecule has 0 spiro atoms. The van der Waals surface area contributed by atoms with E-state index in [1.807, 2.05) is 30.3 Å². The number of hydrogen-bond donors (Lipinski definition) is 3. The number of carbonyl (C=O) groups excluding carboxylic acids is 3. The molecule has 1 aromatic rings. The van der Waals surface area contributed by atoms with Crippen molar-refractivity contribution in [2.24, 2.45) is 5.73 Å². The second kappa shape index (κ2) is 8.06. The van der Waals surface area contributed by atoms with E-state index in [0.29, 0.717) is 6.42 Å². The highest BCUT2D eigenvalue weighted by molar-refractivity contribution is 5.90. The predicted molar refractivity (Wildman–Crippen MR) is 74.8 cm³/mol. The summed E-state index contributed by atoms with van der Waals surface area (Å²) in [7, 11) is 0. The number of rotatable bonds is 7. The zero-order chi connectivity index (χ0) is 15.0. The van der Waals surface area contributed by atoms with Gasteiger partial charge in [-0.1, -0.05) is 30.3 Å². The summed E-state index contributed by atoms with van der Waals surface area (Å²) in [5.41, 5.74) is 6.07. The van der Waals surface area contributed by atoms with Crippen LogP contribution in [0.25, 0.3) is 0 Å². The van der Waals surface area contributed by atoms with E-state index >= 15 is 0 Å². The molecule has 0 aliphatic heterocycles. The predicted octanol–water partition coefficient (Wildman–Crippen LogP) is -0.622. The topological polar surface area (TPSA) is 101 Å². The van der Waals surface area contributed by atoms with Crippen molar-refractivity contribution in [2.75, 3.05) is 13.1 Å². The molecule has 4 N–H and O–H groups in total. The van der Waals surface area contributed by atoms with Crippen LogP contribution in [0.3, 0.4) is 0 Å². The molecule has 6 heteroatoms. The van der Waals surface area contributed by atoms with Gasteiger partial charge in [0, 0.05) is 0 Å². The maximum atomic E-state index is 11.6. The summed E-state index contributed by atoms with van der Waals surface area (Å²) in [6.07, 6.45) is 0.423. The van der Waals surface area contributed by atoms with Crippen LogP contribution in [0.5, 0.6) is 0 Å². The third-order valence-corrected chi connectivity index (χ3v) is 2.74. The van der Waals surface area contributed by atoms with Crippen molar-refractivity contribution in [3.05, 3.63) is 35.9 Å². The Kier molecular flexibility index (Phi) is 6.39. The van der Waals surface area contributed by atoms with Crippen LogP contribution in [0.15, 0.2) is 30.3 Å². The Morgan fingerprint density at radius 3 is 2.35 bits per heavy atom. The highest BCUT2D eigenvalue weighted by Crippen LogP contribution is 2.03. The summed E-state index contributed by atoms with van der Waals surface area (Å²) in [4.78, 5) is 34.1. The molecule has 0 saturated carbocycles. The fourth-order valence-electron chi connectivity index (χ4n) is 1.64. The Hall–Kier alpha value is -2.21. The van der Waals surface area contributed by atoms with Crippen LogP contribution in [-0.2, 0) is 20.8 Å². The molecule has 20 heavy (non-hydrogen) atoms. The van der Waals surface area contributed by atoms with Gasteiger partial charge in [0.05, 0.1) is 19.1 Å². The number of nitrogens with two attached hydrogens (primary N) is 1. The molecule has 0 bridgehead atoms. The largest absolute Gasteiger partial charge is 0.346 e. The lowest BCUT2D eigenvalue weighted by atomic mass is 10.0. The fourth-order valence-corrected chi connectivity index (χ4v) is 1.64. The number of carbonyl (C=O) groups is 3. The lowest BCUT2D eigenvalue weighted by molar-refractivity contribution is -0.128. The Morgan fingerprint density at radius 2 is 1.80 bits per heavy atom. The molecule has 1 atom stereocenters. The SMILES string of the molecule is CC(=O)[C@H](Cc1ccccc1)NC(=O)CNC(=O)CN. The summed E-state index contributed by atoms with van der Waals surface area (Å²) in [6.45, 7) is 1.06. The number of ketones is 1. The standard InChI is InChI=1S/C14H19N3O3/c1-10(18)12(7-11-5-3-2-4-6-11)17-14(20)9-16-13(19)8-15/h2-6,12H,7-9,15H2,1H3,(H,16,19)(H,17,20)/t12-/m0/s1. The Balaban J connectivity index is 2.53. The first kappa shape index (κ1) is 15.8. The molecule has 0 aliphatic rings. The van der Waals surface area contributed by atoms with E-state index in [0.717, 1.165) is 5.56 Å². The van der Waals surface area contributed by atoms with Crippen LogP contribution in [0.4, 0.5) is 0 Å². The van der Waals surface area contributed by atoms with Gasteiger partial charge in [0.1, 0.15) is 0 Å². The van der Waals surface area contributed by atoms with Gasteiger partial charge in [0.15, 0.2) is 5.78 Å². The van der Waals surface area contributed by atoms with Crippen molar-refractivity contribution in [1.29, 1.82) is 0 Å². The molecule has 0 unspecified atom stereocenters. The van der Waals surface area contributed by atoms with E-state index in [1.165, 1.54) is 6.92 Å². The van der Waals surface area contributed by atoms with Crippen molar-refractivity contribution in [3.63, 3.8) is 0 Å². The number of nitrogens with one attached hydrogen (secondary N) is 2. The van der Waals surface area contributed by atoms with Gasteiger partial charge >= 0.3 is 0 Å². The summed E-state index contributed by atoms with van der Waals surface area (Å²) >= 11 is 0.